The Hall–Kier alpha value is -2.22. The summed E-state index contributed by atoms with van der Waals surface area (Å²) in [5.74, 6) is -1.38. The van der Waals surface area contributed by atoms with Crippen LogP contribution in [0.15, 0.2) is 17.5 Å². The van der Waals surface area contributed by atoms with Gasteiger partial charge in [-0.1, -0.05) is 18.2 Å². The van der Waals surface area contributed by atoms with E-state index in [-0.39, 0.29) is 24.2 Å². The van der Waals surface area contributed by atoms with Crippen molar-refractivity contribution in [2.75, 3.05) is 0 Å². The lowest BCUT2D eigenvalue weighted by Crippen LogP contribution is -2.35. The number of aromatic carboxylic acids is 1. The number of nitrogens with one attached hydrogen (secondary N) is 1. The summed E-state index contributed by atoms with van der Waals surface area (Å²) in [6, 6.07) is 3.64. The second-order valence-corrected chi connectivity index (χ2v) is 5.55. The predicted molar refractivity (Wildman–Crippen MR) is 78.2 cm³/mol. The van der Waals surface area contributed by atoms with Gasteiger partial charge in [-0.15, -0.1) is 16.4 Å². The van der Waals surface area contributed by atoms with Gasteiger partial charge in [0.25, 0.3) is 0 Å². The normalized spacial score (nSPS) is 12.1. The van der Waals surface area contributed by atoms with E-state index in [1.165, 1.54) is 16.0 Å². The average Bonchev–Trinajstić information content (AvgIpc) is 3.06. The number of amides is 1. The molecule has 7 nitrogen and oxygen atoms in total. The minimum atomic E-state index is -1.16. The number of thiophene rings is 1. The topological polar surface area (TPSA) is 97.1 Å². The van der Waals surface area contributed by atoms with E-state index in [2.05, 4.69) is 15.6 Å². The number of aromatic nitrogens is 3. The maximum Gasteiger partial charge on any atom is 0.358 e. The Labute approximate surface area is 125 Å². The van der Waals surface area contributed by atoms with Crippen LogP contribution < -0.4 is 5.32 Å². The van der Waals surface area contributed by atoms with Gasteiger partial charge in [0.1, 0.15) is 12.2 Å². The van der Waals surface area contributed by atoms with E-state index in [1.54, 1.807) is 6.07 Å². The Morgan fingerprint density at radius 1 is 1.52 bits per heavy atom. The minimum absolute atomic E-state index is 0.0577. The third-order valence-electron chi connectivity index (χ3n) is 3.01. The van der Waals surface area contributed by atoms with Crippen molar-refractivity contribution >= 4 is 23.2 Å². The molecule has 112 valence electrons. The van der Waals surface area contributed by atoms with E-state index in [0.717, 1.165) is 6.42 Å². The SMILES string of the molecule is CCC(C)NC(=O)Cn1nnc(C(=O)O)c1-c1cccs1. The lowest BCUT2D eigenvalue weighted by molar-refractivity contribution is -0.122. The van der Waals surface area contributed by atoms with Gasteiger partial charge < -0.3 is 10.4 Å². The summed E-state index contributed by atoms with van der Waals surface area (Å²) in [6.07, 6.45) is 0.821. The summed E-state index contributed by atoms with van der Waals surface area (Å²) in [6.45, 7) is 3.82. The Balaban J connectivity index is 2.28. The largest absolute Gasteiger partial charge is 0.476 e. The highest BCUT2D eigenvalue weighted by Crippen LogP contribution is 2.26. The summed E-state index contributed by atoms with van der Waals surface area (Å²) >= 11 is 1.38. The molecule has 0 bridgehead atoms. The molecule has 0 saturated heterocycles. The average molecular weight is 308 g/mol. The molecule has 0 aromatic carbocycles. The highest BCUT2D eigenvalue weighted by molar-refractivity contribution is 7.13. The van der Waals surface area contributed by atoms with Crippen molar-refractivity contribution in [3.05, 3.63) is 23.2 Å². The fourth-order valence-electron chi connectivity index (χ4n) is 1.78. The molecular formula is C13H16N4O3S. The maximum absolute atomic E-state index is 11.9. The van der Waals surface area contributed by atoms with Gasteiger partial charge in [-0.3, -0.25) is 4.79 Å². The number of hydrogen-bond acceptors (Lipinski definition) is 5. The quantitative estimate of drug-likeness (QED) is 0.845. The van der Waals surface area contributed by atoms with Gasteiger partial charge in [-0.2, -0.15) is 0 Å². The van der Waals surface area contributed by atoms with Crippen molar-refractivity contribution in [1.29, 1.82) is 0 Å². The van der Waals surface area contributed by atoms with Crippen LogP contribution in [0, 0.1) is 0 Å². The zero-order chi connectivity index (χ0) is 15.4. The van der Waals surface area contributed by atoms with Crippen LogP contribution in [0.5, 0.6) is 0 Å². The van der Waals surface area contributed by atoms with Crippen molar-refractivity contribution in [1.82, 2.24) is 20.3 Å². The molecule has 0 saturated carbocycles. The molecule has 1 atom stereocenters. The van der Waals surface area contributed by atoms with Gasteiger partial charge in [-0.25, -0.2) is 9.48 Å². The number of nitrogens with zero attached hydrogens (tertiary/aromatic N) is 3. The summed E-state index contributed by atoms with van der Waals surface area (Å²) in [5.41, 5.74) is 0.214. The lowest BCUT2D eigenvalue weighted by Gasteiger charge is -2.12. The van der Waals surface area contributed by atoms with Crippen molar-refractivity contribution in [3.63, 3.8) is 0 Å². The van der Waals surface area contributed by atoms with E-state index in [9.17, 15) is 14.7 Å². The number of hydrogen-bond donors (Lipinski definition) is 2. The van der Waals surface area contributed by atoms with E-state index in [0.29, 0.717) is 10.6 Å². The smallest absolute Gasteiger partial charge is 0.358 e. The molecule has 0 aliphatic heterocycles. The second kappa shape index (κ2) is 6.49. The van der Waals surface area contributed by atoms with Crippen LogP contribution in [0.1, 0.15) is 30.8 Å². The van der Waals surface area contributed by atoms with Crippen LogP contribution >= 0.6 is 11.3 Å². The number of carboxylic acid groups (broad SMARTS) is 1. The van der Waals surface area contributed by atoms with Crippen LogP contribution in [0.3, 0.4) is 0 Å². The molecule has 0 radical (unpaired) electrons. The van der Waals surface area contributed by atoms with E-state index < -0.39 is 5.97 Å². The van der Waals surface area contributed by atoms with Crippen molar-refractivity contribution in [2.24, 2.45) is 0 Å². The standard InChI is InChI=1S/C13H16N4O3S/c1-3-8(2)14-10(18)7-17-12(9-5-4-6-21-9)11(13(19)20)15-16-17/h4-6,8H,3,7H2,1-2H3,(H,14,18)(H,19,20). The van der Waals surface area contributed by atoms with Gasteiger partial charge in [0.05, 0.1) is 4.88 Å². The fraction of sp³-hybridized carbons (Fsp3) is 0.385. The lowest BCUT2D eigenvalue weighted by atomic mass is 10.2. The van der Waals surface area contributed by atoms with E-state index in [4.69, 9.17) is 0 Å². The van der Waals surface area contributed by atoms with Crippen LogP contribution in [0.25, 0.3) is 10.6 Å². The highest BCUT2D eigenvalue weighted by Gasteiger charge is 2.22. The van der Waals surface area contributed by atoms with Gasteiger partial charge in [0.2, 0.25) is 5.91 Å². The molecule has 2 aromatic heterocycles. The van der Waals surface area contributed by atoms with Crippen LogP contribution in [0.4, 0.5) is 0 Å². The number of carbonyl (C=O) groups excluding carboxylic acids is 1. The predicted octanol–water partition coefficient (Wildman–Crippen LogP) is 1.62. The number of carboxylic acids is 1. The molecule has 2 heterocycles. The fourth-order valence-corrected chi connectivity index (χ4v) is 2.56. The summed E-state index contributed by atoms with van der Waals surface area (Å²) in [5, 5.41) is 21.3. The van der Waals surface area contributed by atoms with Gasteiger partial charge in [0, 0.05) is 6.04 Å². The Bertz CT molecular complexity index is 636. The second-order valence-electron chi connectivity index (χ2n) is 4.60. The first-order valence-electron chi connectivity index (χ1n) is 6.53. The molecule has 2 rings (SSSR count). The Kier molecular flexibility index (Phi) is 4.69. The van der Waals surface area contributed by atoms with E-state index in [1.807, 2.05) is 25.3 Å². The number of rotatable bonds is 6. The molecule has 2 N–H and O–H groups in total. The molecule has 21 heavy (non-hydrogen) atoms. The van der Waals surface area contributed by atoms with E-state index >= 15 is 0 Å². The van der Waals surface area contributed by atoms with Crippen LogP contribution in [0.2, 0.25) is 0 Å². The third-order valence-corrected chi connectivity index (χ3v) is 3.88. The summed E-state index contributed by atoms with van der Waals surface area (Å²) in [4.78, 5) is 23.9. The first kappa shape index (κ1) is 15.2. The minimum Gasteiger partial charge on any atom is -0.476 e. The van der Waals surface area contributed by atoms with Gasteiger partial charge in [0.15, 0.2) is 5.69 Å². The molecule has 0 aliphatic carbocycles. The van der Waals surface area contributed by atoms with Crippen molar-refractivity contribution in [3.8, 4) is 10.6 Å². The van der Waals surface area contributed by atoms with Crippen LogP contribution in [-0.2, 0) is 11.3 Å². The molecular weight excluding hydrogens is 292 g/mol. The van der Waals surface area contributed by atoms with Crippen molar-refractivity contribution in [2.45, 2.75) is 32.9 Å². The monoisotopic (exact) mass is 308 g/mol. The van der Waals surface area contributed by atoms with Crippen LogP contribution in [-0.4, -0.2) is 38.0 Å². The summed E-state index contributed by atoms with van der Waals surface area (Å²) in [7, 11) is 0. The third kappa shape index (κ3) is 3.46. The maximum atomic E-state index is 11.9. The zero-order valence-corrected chi connectivity index (χ0v) is 12.6. The first-order chi connectivity index (χ1) is 10.0. The molecule has 0 aliphatic rings. The molecule has 0 spiro atoms. The number of carbonyl (C=O) groups is 2. The molecule has 1 unspecified atom stereocenters. The molecule has 0 fully saturated rings. The molecule has 2 aromatic rings. The zero-order valence-electron chi connectivity index (χ0n) is 11.7. The van der Waals surface area contributed by atoms with Gasteiger partial charge in [-0.05, 0) is 24.8 Å². The summed E-state index contributed by atoms with van der Waals surface area (Å²) < 4.78 is 1.33. The Morgan fingerprint density at radius 3 is 2.86 bits per heavy atom. The van der Waals surface area contributed by atoms with Crippen molar-refractivity contribution < 1.29 is 14.7 Å². The molecule has 8 heteroatoms. The Morgan fingerprint density at radius 2 is 2.29 bits per heavy atom. The molecule has 1 amide bonds. The van der Waals surface area contributed by atoms with Gasteiger partial charge >= 0.3 is 5.97 Å². The first-order valence-corrected chi connectivity index (χ1v) is 7.41. The highest BCUT2D eigenvalue weighted by atomic mass is 32.1.